The first-order chi connectivity index (χ1) is 13.8. The summed E-state index contributed by atoms with van der Waals surface area (Å²) in [4.78, 5) is 10.8. The molecule has 0 aromatic carbocycles. The Morgan fingerprint density at radius 2 is 0.964 bits per heavy atom. The maximum absolute atomic E-state index is 5.91. The fourth-order valence-corrected chi connectivity index (χ4v) is 5.30. The molecule has 4 aliphatic heterocycles. The Bertz CT molecular complexity index is 400. The normalized spacial score (nSPS) is 37.3. The Labute approximate surface area is 172 Å². The number of rotatable bonds is 4. The first-order valence-electron chi connectivity index (χ1n) is 12.0. The molecule has 4 atom stereocenters. The third-order valence-electron chi connectivity index (χ3n) is 7.07. The molecule has 28 heavy (non-hydrogen) atoms. The maximum Gasteiger partial charge on any atom is 0.0702 e. The highest BCUT2D eigenvalue weighted by molar-refractivity contribution is 4.78. The van der Waals surface area contributed by atoms with E-state index >= 15 is 0 Å². The van der Waals surface area contributed by atoms with Crippen molar-refractivity contribution >= 4 is 0 Å². The van der Waals surface area contributed by atoms with E-state index in [-0.39, 0.29) is 0 Å². The van der Waals surface area contributed by atoms with Gasteiger partial charge in [0, 0.05) is 65.6 Å². The minimum atomic E-state index is 0.484. The third kappa shape index (κ3) is 6.64. The van der Waals surface area contributed by atoms with E-state index in [2.05, 4.69) is 19.6 Å². The zero-order valence-electron chi connectivity index (χ0n) is 17.9. The van der Waals surface area contributed by atoms with E-state index in [1.165, 1.54) is 104 Å². The van der Waals surface area contributed by atoms with Gasteiger partial charge < -0.3 is 19.3 Å². The lowest BCUT2D eigenvalue weighted by Gasteiger charge is -2.36. The highest BCUT2D eigenvalue weighted by Crippen LogP contribution is 2.16. The van der Waals surface area contributed by atoms with Crippen molar-refractivity contribution in [3.63, 3.8) is 0 Å². The quantitative estimate of drug-likeness (QED) is 0.716. The van der Waals surface area contributed by atoms with Crippen molar-refractivity contribution < 1.29 is 9.47 Å². The summed E-state index contributed by atoms with van der Waals surface area (Å²) in [5, 5.41) is 0. The molecule has 162 valence electrons. The van der Waals surface area contributed by atoms with Crippen LogP contribution in [0.4, 0.5) is 0 Å². The van der Waals surface area contributed by atoms with E-state index in [0.29, 0.717) is 12.2 Å². The van der Waals surface area contributed by atoms with Gasteiger partial charge in [-0.3, -0.25) is 9.80 Å². The third-order valence-corrected chi connectivity index (χ3v) is 7.07. The first-order valence-corrected chi connectivity index (χ1v) is 12.0. The number of fused-ring (bicyclic) bond motifs is 3. The summed E-state index contributed by atoms with van der Waals surface area (Å²) in [5.41, 5.74) is 0. The summed E-state index contributed by atoms with van der Waals surface area (Å²) < 4.78 is 11.8. The van der Waals surface area contributed by atoms with Crippen LogP contribution in [0.3, 0.4) is 0 Å². The topological polar surface area (TPSA) is 31.4 Å². The van der Waals surface area contributed by atoms with E-state index in [1.54, 1.807) is 0 Å². The summed E-state index contributed by atoms with van der Waals surface area (Å²) in [6.07, 6.45) is 8.56. The summed E-state index contributed by atoms with van der Waals surface area (Å²) in [7, 11) is 0. The van der Waals surface area contributed by atoms with Gasteiger partial charge >= 0.3 is 0 Å². The van der Waals surface area contributed by atoms with Crippen molar-refractivity contribution in [2.45, 2.75) is 50.7 Å². The minimum Gasteiger partial charge on any atom is -0.377 e. The molecule has 0 aromatic heterocycles. The second-order valence-electron chi connectivity index (χ2n) is 9.26. The van der Waals surface area contributed by atoms with Gasteiger partial charge in [0.2, 0.25) is 0 Å². The van der Waals surface area contributed by atoms with Crippen LogP contribution in [0.2, 0.25) is 0 Å². The second kappa shape index (κ2) is 11.2. The Morgan fingerprint density at radius 3 is 1.39 bits per heavy atom. The van der Waals surface area contributed by atoms with E-state index < -0.39 is 0 Å². The fourth-order valence-electron chi connectivity index (χ4n) is 5.30. The van der Waals surface area contributed by atoms with E-state index in [1.807, 2.05) is 0 Å². The summed E-state index contributed by atoms with van der Waals surface area (Å²) in [5.74, 6) is 0. The molecule has 4 saturated heterocycles. The van der Waals surface area contributed by atoms with Crippen LogP contribution < -0.4 is 0 Å². The van der Waals surface area contributed by atoms with E-state index in [0.717, 1.165) is 26.3 Å². The SMILES string of the molecule is C1COC(CN2CCCN3CCN(CCCN(CC4CCCO4)CC3)CC2)C1. The molecule has 0 N–H and O–H groups in total. The van der Waals surface area contributed by atoms with Crippen LogP contribution in [0.25, 0.3) is 0 Å². The predicted octanol–water partition coefficient (Wildman–Crippen LogP) is 1.36. The van der Waals surface area contributed by atoms with Gasteiger partial charge in [0.1, 0.15) is 0 Å². The van der Waals surface area contributed by atoms with Crippen molar-refractivity contribution in [1.29, 1.82) is 0 Å². The Kier molecular flexibility index (Phi) is 8.43. The predicted molar refractivity (Wildman–Crippen MR) is 113 cm³/mol. The van der Waals surface area contributed by atoms with Crippen molar-refractivity contribution in [2.24, 2.45) is 0 Å². The molecule has 0 spiro atoms. The van der Waals surface area contributed by atoms with Gasteiger partial charge in [0.15, 0.2) is 0 Å². The van der Waals surface area contributed by atoms with Crippen molar-refractivity contribution in [2.75, 3.05) is 91.8 Å². The smallest absolute Gasteiger partial charge is 0.0702 e. The first kappa shape index (κ1) is 21.0. The van der Waals surface area contributed by atoms with Gasteiger partial charge in [-0.25, -0.2) is 0 Å². The fraction of sp³-hybridized carbons (Fsp3) is 1.00. The average molecular weight is 395 g/mol. The minimum absolute atomic E-state index is 0.484. The number of hydrogen-bond acceptors (Lipinski definition) is 6. The highest BCUT2D eigenvalue weighted by Gasteiger charge is 2.23. The van der Waals surface area contributed by atoms with Crippen LogP contribution >= 0.6 is 0 Å². The standard InChI is InChI=1S/C22H42N4O2/c1-5-21(27-17-1)19-25-9-3-7-24-12-11-23(13-15-25)8-4-10-26(16-14-24)20-22-6-2-18-28-22/h21-22H,1-20H2. The largest absolute Gasteiger partial charge is 0.377 e. The number of nitrogens with zero attached hydrogens (tertiary/aromatic N) is 4. The molecule has 6 nitrogen and oxygen atoms in total. The van der Waals surface area contributed by atoms with Gasteiger partial charge in [-0.05, 0) is 64.7 Å². The van der Waals surface area contributed by atoms with Crippen LogP contribution in [-0.2, 0) is 9.47 Å². The molecule has 4 unspecified atom stereocenters. The monoisotopic (exact) mass is 394 g/mol. The van der Waals surface area contributed by atoms with E-state index in [9.17, 15) is 0 Å². The molecule has 4 heterocycles. The highest BCUT2D eigenvalue weighted by atomic mass is 16.5. The van der Waals surface area contributed by atoms with Gasteiger partial charge in [-0.1, -0.05) is 0 Å². The molecule has 4 aliphatic rings. The number of ether oxygens (including phenoxy) is 2. The van der Waals surface area contributed by atoms with Crippen LogP contribution in [0.1, 0.15) is 38.5 Å². The Morgan fingerprint density at radius 1 is 0.500 bits per heavy atom. The van der Waals surface area contributed by atoms with Crippen molar-refractivity contribution in [1.82, 2.24) is 19.6 Å². The molecule has 4 fully saturated rings. The zero-order chi connectivity index (χ0) is 19.0. The average Bonchev–Trinajstić information content (AvgIpc) is 3.40. The lowest BCUT2D eigenvalue weighted by molar-refractivity contribution is 0.0522. The molecular weight excluding hydrogens is 352 g/mol. The molecule has 4 rings (SSSR count). The molecule has 0 radical (unpaired) electrons. The zero-order valence-corrected chi connectivity index (χ0v) is 17.9. The summed E-state index contributed by atoms with van der Waals surface area (Å²) in [6, 6.07) is 0. The molecule has 2 bridgehead atoms. The number of hydrogen-bond donors (Lipinski definition) is 0. The van der Waals surface area contributed by atoms with Crippen LogP contribution in [0.5, 0.6) is 0 Å². The van der Waals surface area contributed by atoms with Crippen LogP contribution in [0, 0.1) is 0 Å². The van der Waals surface area contributed by atoms with Gasteiger partial charge in [-0.15, -0.1) is 0 Å². The van der Waals surface area contributed by atoms with Crippen molar-refractivity contribution in [3.8, 4) is 0 Å². The van der Waals surface area contributed by atoms with Crippen LogP contribution in [0.15, 0.2) is 0 Å². The molecule has 0 amide bonds. The second-order valence-corrected chi connectivity index (χ2v) is 9.26. The Hall–Kier alpha value is -0.240. The summed E-state index contributed by atoms with van der Waals surface area (Å²) in [6.45, 7) is 16.5. The molecule has 0 aromatic rings. The molecule has 0 saturated carbocycles. The summed E-state index contributed by atoms with van der Waals surface area (Å²) >= 11 is 0. The lowest BCUT2D eigenvalue weighted by Crippen LogP contribution is -2.48. The van der Waals surface area contributed by atoms with Crippen molar-refractivity contribution in [3.05, 3.63) is 0 Å². The van der Waals surface area contributed by atoms with Gasteiger partial charge in [0.05, 0.1) is 12.2 Å². The molecular formula is C22H42N4O2. The Balaban J connectivity index is 1.30. The van der Waals surface area contributed by atoms with Crippen LogP contribution in [-0.4, -0.2) is 124 Å². The molecule has 0 aliphatic carbocycles. The maximum atomic E-state index is 5.91. The lowest BCUT2D eigenvalue weighted by atomic mass is 10.2. The van der Waals surface area contributed by atoms with E-state index in [4.69, 9.17) is 9.47 Å². The van der Waals surface area contributed by atoms with Gasteiger partial charge in [-0.2, -0.15) is 0 Å². The van der Waals surface area contributed by atoms with Gasteiger partial charge in [0.25, 0.3) is 0 Å². The molecule has 6 heteroatoms.